The van der Waals surface area contributed by atoms with Crippen molar-refractivity contribution in [3.63, 3.8) is 0 Å². The molecule has 0 bridgehead atoms. The number of fused-ring (bicyclic) bond motifs is 1. The maximum absolute atomic E-state index is 15.5. The number of nitrogens with zero attached hydrogens (tertiary/aromatic N) is 1. The number of aliphatic hydroxyl groups excluding tert-OH is 1. The van der Waals surface area contributed by atoms with Gasteiger partial charge in [0.2, 0.25) is 0 Å². The van der Waals surface area contributed by atoms with E-state index in [1.807, 2.05) is 4.90 Å². The first-order chi connectivity index (χ1) is 11.0. The summed E-state index contributed by atoms with van der Waals surface area (Å²) in [5, 5.41) is 12.2. The van der Waals surface area contributed by atoms with Gasteiger partial charge in [0.05, 0.1) is 19.8 Å². The van der Waals surface area contributed by atoms with Crippen LogP contribution in [-0.2, 0) is 14.3 Å². The molecule has 0 radical (unpaired) electrons. The number of carbonyl (C=O) groups excluding carboxylic acids is 1. The van der Waals surface area contributed by atoms with Crippen molar-refractivity contribution in [2.45, 2.75) is 31.0 Å². The van der Waals surface area contributed by atoms with Crippen LogP contribution in [0.1, 0.15) is 19.3 Å². The molecule has 3 fully saturated rings. The highest BCUT2D eigenvalue weighted by molar-refractivity contribution is 5.85. The van der Waals surface area contributed by atoms with Gasteiger partial charge >= 0.3 is 5.97 Å². The van der Waals surface area contributed by atoms with Crippen LogP contribution in [0.3, 0.4) is 0 Å². The topological polar surface area (TPSA) is 71.0 Å². The molecule has 0 aromatic heterocycles. The van der Waals surface area contributed by atoms with E-state index in [1.54, 1.807) is 0 Å². The molecule has 3 aliphatic rings. The van der Waals surface area contributed by atoms with Gasteiger partial charge < -0.3 is 19.9 Å². The minimum atomic E-state index is -1.58. The number of ether oxygens (including phenoxy) is 2. The number of esters is 1. The Bertz CT molecular complexity index is 454. The van der Waals surface area contributed by atoms with Crippen LogP contribution in [0, 0.1) is 11.3 Å². The summed E-state index contributed by atoms with van der Waals surface area (Å²) in [6, 6.07) is 0. The van der Waals surface area contributed by atoms with Crippen molar-refractivity contribution in [3.8, 4) is 0 Å². The SMILES string of the molecule is COC(=O)[C@@]12CCNC[C@]1(F)CN(CC1CCC(CO)CO1)C2.Cl.Cl. The number of alkyl halides is 1. The van der Waals surface area contributed by atoms with E-state index in [0.717, 1.165) is 12.8 Å². The number of halogens is 3. The van der Waals surface area contributed by atoms with Gasteiger partial charge in [-0.3, -0.25) is 9.69 Å². The van der Waals surface area contributed by atoms with E-state index in [-0.39, 0.29) is 56.5 Å². The molecular formula is C16H29Cl2FN2O4. The van der Waals surface area contributed by atoms with Crippen molar-refractivity contribution < 1.29 is 23.8 Å². The summed E-state index contributed by atoms with van der Waals surface area (Å²) in [5.74, 6) is -0.223. The lowest BCUT2D eigenvalue weighted by Crippen LogP contribution is -2.60. The molecule has 0 aromatic carbocycles. The van der Waals surface area contributed by atoms with E-state index < -0.39 is 17.1 Å². The molecular weight excluding hydrogens is 374 g/mol. The van der Waals surface area contributed by atoms with Crippen molar-refractivity contribution in [1.29, 1.82) is 0 Å². The lowest BCUT2D eigenvalue weighted by atomic mass is 9.71. The zero-order valence-electron chi connectivity index (χ0n) is 14.5. The third-order valence-corrected chi connectivity index (χ3v) is 5.72. The highest BCUT2D eigenvalue weighted by atomic mass is 35.5. The van der Waals surface area contributed by atoms with Crippen LogP contribution in [0.15, 0.2) is 0 Å². The molecule has 2 unspecified atom stereocenters. The molecule has 0 aliphatic carbocycles. The van der Waals surface area contributed by atoms with Gasteiger partial charge in [-0.15, -0.1) is 24.8 Å². The van der Waals surface area contributed by atoms with Gasteiger partial charge in [-0.25, -0.2) is 4.39 Å². The molecule has 3 saturated heterocycles. The Kier molecular flexibility index (Phi) is 8.37. The quantitative estimate of drug-likeness (QED) is 0.677. The van der Waals surface area contributed by atoms with Crippen LogP contribution in [0.2, 0.25) is 0 Å². The molecule has 3 aliphatic heterocycles. The third kappa shape index (κ3) is 4.22. The standard InChI is InChI=1S/C16H27FN2O4.2ClH/c1-22-14(21)15-4-5-18-9-16(15,17)11-19(10-15)6-13-3-2-12(7-20)8-23-13;;/h12-13,18,20H,2-11H2,1H3;2*1H/t12?,13?,15-,16-;;/m0../s1. The molecule has 0 spiro atoms. The molecule has 4 atom stereocenters. The Morgan fingerprint density at radius 3 is 2.76 bits per heavy atom. The van der Waals surface area contributed by atoms with Gasteiger partial charge in [0.15, 0.2) is 5.67 Å². The van der Waals surface area contributed by atoms with Crippen LogP contribution in [-0.4, -0.2) is 80.8 Å². The molecule has 148 valence electrons. The van der Waals surface area contributed by atoms with Gasteiger partial charge in [-0.1, -0.05) is 0 Å². The van der Waals surface area contributed by atoms with E-state index in [2.05, 4.69) is 5.32 Å². The van der Waals surface area contributed by atoms with E-state index in [0.29, 0.717) is 32.7 Å². The summed E-state index contributed by atoms with van der Waals surface area (Å²) in [6.45, 7) is 2.78. The molecule has 3 rings (SSSR count). The maximum atomic E-state index is 15.5. The molecule has 0 amide bonds. The Morgan fingerprint density at radius 1 is 1.40 bits per heavy atom. The van der Waals surface area contributed by atoms with Crippen LogP contribution < -0.4 is 5.32 Å². The molecule has 3 heterocycles. The number of hydrogen-bond donors (Lipinski definition) is 2. The predicted molar refractivity (Wildman–Crippen MR) is 96.3 cm³/mol. The van der Waals surface area contributed by atoms with Gasteiger partial charge in [-0.2, -0.15) is 0 Å². The first kappa shape index (κ1) is 22.9. The minimum absolute atomic E-state index is 0. The Balaban J connectivity index is 0.00000156. The van der Waals surface area contributed by atoms with Gasteiger partial charge in [0.25, 0.3) is 0 Å². The van der Waals surface area contributed by atoms with Crippen molar-refractivity contribution in [3.05, 3.63) is 0 Å². The number of hydrogen-bond acceptors (Lipinski definition) is 6. The molecule has 2 N–H and O–H groups in total. The summed E-state index contributed by atoms with van der Waals surface area (Å²) in [5.41, 5.74) is -2.64. The Labute approximate surface area is 160 Å². The average molecular weight is 403 g/mol. The molecule has 6 nitrogen and oxygen atoms in total. The van der Waals surface area contributed by atoms with Crippen molar-refractivity contribution >= 4 is 30.8 Å². The summed E-state index contributed by atoms with van der Waals surface area (Å²) in [7, 11) is 1.33. The average Bonchev–Trinajstić information content (AvgIpc) is 2.87. The molecule has 0 saturated carbocycles. The highest BCUT2D eigenvalue weighted by Crippen LogP contribution is 2.47. The second-order valence-corrected chi connectivity index (χ2v) is 7.22. The second kappa shape index (κ2) is 9.15. The lowest BCUT2D eigenvalue weighted by molar-refractivity contribution is -0.162. The number of likely N-dealkylation sites (tertiary alicyclic amines) is 1. The zero-order valence-corrected chi connectivity index (χ0v) is 16.2. The Hall–Kier alpha value is -0.180. The lowest BCUT2D eigenvalue weighted by Gasteiger charge is -2.40. The van der Waals surface area contributed by atoms with E-state index in [4.69, 9.17) is 14.6 Å². The minimum Gasteiger partial charge on any atom is -0.468 e. The summed E-state index contributed by atoms with van der Waals surface area (Å²) < 4.78 is 26.2. The van der Waals surface area contributed by atoms with Crippen LogP contribution >= 0.6 is 24.8 Å². The first-order valence-electron chi connectivity index (χ1n) is 8.46. The van der Waals surface area contributed by atoms with Crippen LogP contribution in [0.5, 0.6) is 0 Å². The summed E-state index contributed by atoms with van der Waals surface area (Å²) in [4.78, 5) is 14.3. The van der Waals surface area contributed by atoms with Gasteiger partial charge in [0, 0.05) is 38.7 Å². The van der Waals surface area contributed by atoms with Gasteiger partial charge in [0.1, 0.15) is 5.41 Å². The highest BCUT2D eigenvalue weighted by Gasteiger charge is 2.64. The number of carbonyl (C=O) groups is 1. The second-order valence-electron chi connectivity index (χ2n) is 7.22. The number of piperidine rings is 1. The zero-order chi connectivity index (χ0) is 16.5. The summed E-state index contributed by atoms with van der Waals surface area (Å²) >= 11 is 0. The number of rotatable bonds is 4. The third-order valence-electron chi connectivity index (χ3n) is 5.72. The molecule has 25 heavy (non-hydrogen) atoms. The normalized spacial score (nSPS) is 38.2. The molecule has 9 heteroatoms. The smallest absolute Gasteiger partial charge is 0.316 e. The van der Waals surface area contributed by atoms with Crippen LogP contribution in [0.25, 0.3) is 0 Å². The number of nitrogens with one attached hydrogen (secondary N) is 1. The largest absolute Gasteiger partial charge is 0.468 e. The maximum Gasteiger partial charge on any atom is 0.316 e. The van der Waals surface area contributed by atoms with Crippen molar-refractivity contribution in [2.24, 2.45) is 11.3 Å². The van der Waals surface area contributed by atoms with E-state index in [9.17, 15) is 4.79 Å². The fourth-order valence-corrected chi connectivity index (χ4v) is 4.31. The van der Waals surface area contributed by atoms with Crippen molar-refractivity contribution in [2.75, 3.05) is 53.0 Å². The molecule has 0 aromatic rings. The Morgan fingerprint density at radius 2 is 2.16 bits per heavy atom. The van der Waals surface area contributed by atoms with E-state index in [1.165, 1.54) is 7.11 Å². The fourth-order valence-electron chi connectivity index (χ4n) is 4.31. The van der Waals surface area contributed by atoms with Crippen molar-refractivity contribution in [1.82, 2.24) is 10.2 Å². The van der Waals surface area contributed by atoms with Gasteiger partial charge in [-0.05, 0) is 25.8 Å². The number of methoxy groups -OCH3 is 1. The fraction of sp³-hybridized carbons (Fsp3) is 0.938. The number of aliphatic hydroxyl groups is 1. The monoisotopic (exact) mass is 402 g/mol. The van der Waals surface area contributed by atoms with Crippen LogP contribution in [0.4, 0.5) is 4.39 Å². The first-order valence-corrected chi connectivity index (χ1v) is 8.46. The van der Waals surface area contributed by atoms with E-state index >= 15 is 4.39 Å². The summed E-state index contributed by atoms with van der Waals surface area (Å²) in [6.07, 6.45) is 2.30. The predicted octanol–water partition coefficient (Wildman–Crippen LogP) is 0.794.